The smallest absolute Gasteiger partial charge is 0.119 e. The zero-order valence-electron chi connectivity index (χ0n) is 15.0. The molecule has 1 heterocycles. The number of hydrazine groups is 1. The van der Waals surface area contributed by atoms with E-state index in [0.717, 1.165) is 36.8 Å². The fraction of sp³-hybridized carbons (Fsp3) is 0.400. The molecule has 2 aromatic rings. The van der Waals surface area contributed by atoms with Gasteiger partial charge in [-0.3, -0.25) is 4.90 Å². The number of rotatable bonds is 7. The van der Waals surface area contributed by atoms with E-state index in [9.17, 15) is 0 Å². The van der Waals surface area contributed by atoms with Crippen molar-refractivity contribution in [3.05, 3.63) is 54.6 Å². The van der Waals surface area contributed by atoms with Crippen LogP contribution in [0.1, 0.15) is 13.8 Å². The maximum absolute atomic E-state index is 5.98. The number of nitrogens with one attached hydrogen (secondary N) is 3. The van der Waals surface area contributed by atoms with Crippen LogP contribution in [0.15, 0.2) is 54.6 Å². The Hall–Kier alpha value is -2.24. The molecule has 1 fully saturated rings. The first-order chi connectivity index (χ1) is 12.2. The summed E-state index contributed by atoms with van der Waals surface area (Å²) in [7, 11) is 0. The number of ether oxygens (including phenoxy) is 1. The Morgan fingerprint density at radius 2 is 1.76 bits per heavy atom. The van der Waals surface area contributed by atoms with Crippen molar-refractivity contribution < 1.29 is 4.74 Å². The van der Waals surface area contributed by atoms with E-state index in [-0.39, 0.29) is 0 Å². The Kier molecular flexibility index (Phi) is 6.14. The number of hydrogen-bond donors (Lipinski definition) is 3. The molecule has 134 valence electrons. The van der Waals surface area contributed by atoms with E-state index in [1.54, 1.807) is 0 Å². The first-order valence-electron chi connectivity index (χ1n) is 8.99. The number of piperazine rings is 1. The third-order valence-electron chi connectivity index (χ3n) is 4.59. The SMILES string of the molecule is CC1CNCCN1C(C)COc1ccc(NNc2ccccc2)cc1. The van der Waals surface area contributed by atoms with E-state index in [4.69, 9.17) is 4.74 Å². The second-order valence-electron chi connectivity index (χ2n) is 6.59. The van der Waals surface area contributed by atoms with E-state index in [1.165, 1.54) is 0 Å². The molecular formula is C20H28N4O. The van der Waals surface area contributed by atoms with E-state index in [0.29, 0.717) is 18.7 Å². The molecule has 1 saturated heterocycles. The molecule has 0 radical (unpaired) electrons. The van der Waals surface area contributed by atoms with Crippen LogP contribution >= 0.6 is 0 Å². The van der Waals surface area contributed by atoms with Gasteiger partial charge in [-0.1, -0.05) is 18.2 Å². The van der Waals surface area contributed by atoms with Crippen molar-refractivity contribution >= 4 is 11.4 Å². The van der Waals surface area contributed by atoms with Crippen LogP contribution in [0.25, 0.3) is 0 Å². The van der Waals surface area contributed by atoms with Gasteiger partial charge in [-0.15, -0.1) is 0 Å². The normalized spacial score (nSPS) is 19.2. The average molecular weight is 340 g/mol. The molecule has 0 saturated carbocycles. The van der Waals surface area contributed by atoms with Crippen LogP contribution in [0, 0.1) is 0 Å². The highest BCUT2D eigenvalue weighted by molar-refractivity contribution is 5.53. The molecular weight excluding hydrogens is 312 g/mol. The molecule has 1 aliphatic rings. The molecule has 2 aromatic carbocycles. The maximum atomic E-state index is 5.98. The van der Waals surface area contributed by atoms with E-state index in [2.05, 4.69) is 34.9 Å². The van der Waals surface area contributed by atoms with Gasteiger partial charge < -0.3 is 20.9 Å². The van der Waals surface area contributed by atoms with Gasteiger partial charge in [0.25, 0.3) is 0 Å². The Balaban J connectivity index is 1.45. The number of nitrogens with zero attached hydrogens (tertiary/aromatic N) is 1. The predicted molar refractivity (Wildman–Crippen MR) is 104 cm³/mol. The zero-order valence-corrected chi connectivity index (χ0v) is 15.0. The quantitative estimate of drug-likeness (QED) is 0.676. The van der Waals surface area contributed by atoms with Gasteiger partial charge in [0.2, 0.25) is 0 Å². The Labute approximate surface area is 150 Å². The van der Waals surface area contributed by atoms with Gasteiger partial charge in [0.15, 0.2) is 0 Å². The summed E-state index contributed by atoms with van der Waals surface area (Å²) in [6.45, 7) is 8.41. The summed E-state index contributed by atoms with van der Waals surface area (Å²) in [5, 5.41) is 3.43. The van der Waals surface area contributed by atoms with Crippen molar-refractivity contribution in [3.63, 3.8) is 0 Å². The molecule has 5 nitrogen and oxygen atoms in total. The van der Waals surface area contributed by atoms with Crippen LogP contribution in [-0.2, 0) is 0 Å². The molecule has 0 amide bonds. The Bertz CT molecular complexity index is 632. The molecule has 3 rings (SSSR count). The highest BCUT2D eigenvalue weighted by Gasteiger charge is 2.23. The average Bonchev–Trinajstić information content (AvgIpc) is 2.66. The summed E-state index contributed by atoms with van der Waals surface area (Å²) in [5.41, 5.74) is 8.39. The third-order valence-corrected chi connectivity index (χ3v) is 4.59. The lowest BCUT2D eigenvalue weighted by Gasteiger charge is -2.38. The van der Waals surface area contributed by atoms with Crippen molar-refractivity contribution in [1.82, 2.24) is 10.2 Å². The number of anilines is 2. The Morgan fingerprint density at radius 3 is 2.44 bits per heavy atom. The monoisotopic (exact) mass is 340 g/mol. The summed E-state index contributed by atoms with van der Waals surface area (Å²) < 4.78 is 5.98. The lowest BCUT2D eigenvalue weighted by molar-refractivity contribution is 0.0903. The highest BCUT2D eigenvalue weighted by Crippen LogP contribution is 2.17. The first kappa shape index (κ1) is 17.6. The maximum Gasteiger partial charge on any atom is 0.119 e. The molecule has 1 aliphatic heterocycles. The first-order valence-corrected chi connectivity index (χ1v) is 8.99. The van der Waals surface area contributed by atoms with Crippen LogP contribution < -0.4 is 20.9 Å². The zero-order chi connectivity index (χ0) is 17.5. The summed E-state index contributed by atoms with van der Waals surface area (Å²) in [6, 6.07) is 19.0. The lowest BCUT2D eigenvalue weighted by atomic mass is 10.1. The van der Waals surface area contributed by atoms with Gasteiger partial charge in [-0.05, 0) is 50.2 Å². The number of hydrogen-bond acceptors (Lipinski definition) is 5. The minimum absolute atomic E-state index is 0.412. The van der Waals surface area contributed by atoms with Crippen molar-refractivity contribution in [3.8, 4) is 5.75 Å². The van der Waals surface area contributed by atoms with Crippen LogP contribution in [0.4, 0.5) is 11.4 Å². The summed E-state index contributed by atoms with van der Waals surface area (Å²) >= 11 is 0. The third kappa shape index (κ3) is 5.11. The van der Waals surface area contributed by atoms with Crippen molar-refractivity contribution in [2.75, 3.05) is 37.1 Å². The van der Waals surface area contributed by atoms with Crippen LogP contribution in [-0.4, -0.2) is 43.2 Å². The molecule has 5 heteroatoms. The largest absolute Gasteiger partial charge is 0.492 e. The summed E-state index contributed by atoms with van der Waals surface area (Å²) in [5.74, 6) is 0.903. The van der Waals surface area contributed by atoms with Crippen molar-refractivity contribution in [1.29, 1.82) is 0 Å². The summed E-state index contributed by atoms with van der Waals surface area (Å²) in [4.78, 5) is 2.51. The van der Waals surface area contributed by atoms with Crippen molar-refractivity contribution in [2.45, 2.75) is 25.9 Å². The second kappa shape index (κ2) is 8.74. The molecule has 0 bridgehead atoms. The van der Waals surface area contributed by atoms with Gasteiger partial charge in [-0.25, -0.2) is 0 Å². The van der Waals surface area contributed by atoms with Gasteiger partial charge in [0.05, 0.1) is 11.4 Å². The van der Waals surface area contributed by atoms with Crippen molar-refractivity contribution in [2.24, 2.45) is 0 Å². The number of para-hydroxylation sites is 1. The fourth-order valence-electron chi connectivity index (χ4n) is 3.12. The standard InChI is InChI=1S/C20H28N4O/c1-16-14-21-12-13-24(16)17(2)15-25-20-10-8-19(9-11-20)23-22-18-6-4-3-5-7-18/h3-11,16-17,21-23H,12-15H2,1-2H3. The lowest BCUT2D eigenvalue weighted by Crippen LogP contribution is -2.54. The van der Waals surface area contributed by atoms with Gasteiger partial charge >= 0.3 is 0 Å². The van der Waals surface area contributed by atoms with Crippen LogP contribution in [0.3, 0.4) is 0 Å². The molecule has 2 unspecified atom stereocenters. The molecule has 2 atom stereocenters. The molecule has 25 heavy (non-hydrogen) atoms. The van der Waals surface area contributed by atoms with Gasteiger partial charge in [0, 0.05) is 31.7 Å². The minimum Gasteiger partial charge on any atom is -0.492 e. The van der Waals surface area contributed by atoms with Gasteiger partial charge in [-0.2, -0.15) is 0 Å². The topological polar surface area (TPSA) is 48.6 Å². The minimum atomic E-state index is 0.412. The molecule has 0 spiro atoms. The fourth-order valence-corrected chi connectivity index (χ4v) is 3.12. The second-order valence-corrected chi connectivity index (χ2v) is 6.59. The predicted octanol–water partition coefficient (Wildman–Crippen LogP) is 3.19. The summed E-state index contributed by atoms with van der Waals surface area (Å²) in [6.07, 6.45) is 0. The van der Waals surface area contributed by atoms with E-state index >= 15 is 0 Å². The molecule has 3 N–H and O–H groups in total. The van der Waals surface area contributed by atoms with Gasteiger partial charge in [0.1, 0.15) is 12.4 Å². The van der Waals surface area contributed by atoms with Crippen LogP contribution in [0.2, 0.25) is 0 Å². The van der Waals surface area contributed by atoms with E-state index in [1.807, 2.05) is 54.6 Å². The molecule has 0 aromatic heterocycles. The Morgan fingerprint density at radius 1 is 1.08 bits per heavy atom. The van der Waals surface area contributed by atoms with Crippen LogP contribution in [0.5, 0.6) is 5.75 Å². The number of benzene rings is 2. The van der Waals surface area contributed by atoms with E-state index < -0.39 is 0 Å². The molecule has 0 aliphatic carbocycles. The highest BCUT2D eigenvalue weighted by atomic mass is 16.5.